The third kappa shape index (κ3) is 3.19. The van der Waals surface area contributed by atoms with Crippen LogP contribution in [0.2, 0.25) is 0 Å². The largest absolute Gasteiger partial charge is 0.457 e. The molecular weight excluding hydrogens is 344 g/mol. The maximum Gasteiger partial charge on any atom is 0.270 e. The number of fused-ring (bicyclic) bond motifs is 1. The third-order valence-corrected chi connectivity index (χ3v) is 4.02. The number of benzene rings is 2. The fourth-order valence-electron chi connectivity index (χ4n) is 2.73. The summed E-state index contributed by atoms with van der Waals surface area (Å²) in [7, 11) is 0. The molecule has 0 unspecified atom stereocenters. The van der Waals surface area contributed by atoms with Gasteiger partial charge in [-0.1, -0.05) is 24.3 Å². The summed E-state index contributed by atoms with van der Waals surface area (Å²) in [5.41, 5.74) is 2.51. The van der Waals surface area contributed by atoms with E-state index in [0.29, 0.717) is 28.5 Å². The van der Waals surface area contributed by atoms with E-state index in [1.165, 1.54) is 12.1 Å². The van der Waals surface area contributed by atoms with Crippen molar-refractivity contribution in [1.29, 1.82) is 5.26 Å². The summed E-state index contributed by atoms with van der Waals surface area (Å²) in [6, 6.07) is 19.2. The van der Waals surface area contributed by atoms with Crippen LogP contribution in [-0.2, 0) is 0 Å². The van der Waals surface area contributed by atoms with Gasteiger partial charge < -0.3 is 9.40 Å². The molecule has 0 fully saturated rings. The molecule has 4 rings (SSSR count). The van der Waals surface area contributed by atoms with Crippen molar-refractivity contribution in [3.05, 3.63) is 82.4 Å². The Morgan fingerprint density at radius 3 is 2.81 bits per heavy atom. The number of H-pyrrole nitrogens is 1. The molecule has 27 heavy (non-hydrogen) atoms. The van der Waals surface area contributed by atoms with Gasteiger partial charge in [-0.2, -0.15) is 5.26 Å². The van der Waals surface area contributed by atoms with Crippen molar-refractivity contribution >= 4 is 28.4 Å². The Labute approximate surface area is 153 Å². The van der Waals surface area contributed by atoms with Crippen molar-refractivity contribution in [2.24, 2.45) is 0 Å². The van der Waals surface area contributed by atoms with Crippen LogP contribution in [0.15, 0.2) is 65.1 Å². The summed E-state index contributed by atoms with van der Waals surface area (Å²) in [6.07, 6.45) is 1.58. The molecule has 0 spiro atoms. The number of non-ortho nitro benzene ring substituents is 1. The summed E-state index contributed by atoms with van der Waals surface area (Å²) in [4.78, 5) is 18.0. The van der Waals surface area contributed by atoms with E-state index in [0.717, 1.165) is 11.0 Å². The topological polar surface area (TPSA) is 109 Å². The van der Waals surface area contributed by atoms with E-state index in [4.69, 9.17) is 4.42 Å². The average molecular weight is 356 g/mol. The number of aromatic amines is 1. The fraction of sp³-hybridized carbons (Fsp3) is 0. The average Bonchev–Trinajstić information content (AvgIpc) is 3.33. The molecule has 0 saturated carbocycles. The molecule has 0 saturated heterocycles. The van der Waals surface area contributed by atoms with Crippen molar-refractivity contribution in [3.63, 3.8) is 0 Å². The van der Waals surface area contributed by atoms with Gasteiger partial charge in [-0.05, 0) is 24.3 Å². The first-order valence-electron chi connectivity index (χ1n) is 8.05. The van der Waals surface area contributed by atoms with Gasteiger partial charge in [0.1, 0.15) is 23.4 Å². The summed E-state index contributed by atoms with van der Waals surface area (Å²) >= 11 is 0. The first-order chi connectivity index (χ1) is 13.1. The normalized spacial score (nSPS) is 11.4. The minimum atomic E-state index is -0.456. The van der Waals surface area contributed by atoms with Crippen LogP contribution in [-0.4, -0.2) is 14.9 Å². The zero-order valence-electron chi connectivity index (χ0n) is 13.9. The van der Waals surface area contributed by atoms with Gasteiger partial charge in [-0.25, -0.2) is 4.98 Å². The SMILES string of the molecule is N#C/C(=C/c1ccc(-c2cccc([N+](=O)[O-])c2)o1)c1nc2ccccc2[nH]1. The van der Waals surface area contributed by atoms with Crippen molar-refractivity contribution in [1.82, 2.24) is 9.97 Å². The van der Waals surface area contributed by atoms with Gasteiger partial charge in [-0.15, -0.1) is 0 Å². The summed E-state index contributed by atoms with van der Waals surface area (Å²) in [5, 5.41) is 20.4. The Morgan fingerprint density at radius 1 is 1.19 bits per heavy atom. The van der Waals surface area contributed by atoms with Crippen LogP contribution in [0.1, 0.15) is 11.6 Å². The van der Waals surface area contributed by atoms with Crippen LogP contribution in [0, 0.1) is 21.4 Å². The zero-order chi connectivity index (χ0) is 18.8. The Bertz CT molecular complexity index is 1190. The second-order valence-electron chi connectivity index (χ2n) is 5.78. The van der Waals surface area contributed by atoms with E-state index < -0.39 is 4.92 Å². The zero-order valence-corrected chi connectivity index (χ0v) is 13.9. The number of rotatable bonds is 4. The lowest BCUT2D eigenvalue weighted by Gasteiger charge is -1.97. The number of hydrogen-bond donors (Lipinski definition) is 1. The molecule has 4 aromatic rings. The molecule has 1 N–H and O–H groups in total. The minimum absolute atomic E-state index is 0.0130. The number of hydrogen-bond acceptors (Lipinski definition) is 5. The molecule has 0 aliphatic carbocycles. The quantitative estimate of drug-likeness (QED) is 0.321. The second kappa shape index (κ2) is 6.61. The van der Waals surface area contributed by atoms with Gasteiger partial charge in [0.25, 0.3) is 5.69 Å². The molecule has 0 aliphatic rings. The van der Waals surface area contributed by atoms with Gasteiger partial charge in [0.2, 0.25) is 0 Å². The second-order valence-corrected chi connectivity index (χ2v) is 5.78. The number of para-hydroxylation sites is 2. The van der Waals surface area contributed by atoms with Crippen LogP contribution in [0.25, 0.3) is 34.0 Å². The van der Waals surface area contributed by atoms with Crippen molar-refractivity contribution in [3.8, 4) is 17.4 Å². The number of imidazole rings is 1. The Morgan fingerprint density at radius 2 is 2.04 bits per heavy atom. The lowest BCUT2D eigenvalue weighted by molar-refractivity contribution is -0.384. The lowest BCUT2D eigenvalue weighted by atomic mass is 10.1. The Balaban J connectivity index is 1.68. The highest BCUT2D eigenvalue weighted by Gasteiger charge is 2.12. The molecule has 0 radical (unpaired) electrons. The Kier molecular flexibility index (Phi) is 3.99. The number of allylic oxidation sites excluding steroid dienone is 1. The fourth-order valence-corrected chi connectivity index (χ4v) is 2.73. The van der Waals surface area contributed by atoms with E-state index in [1.54, 1.807) is 30.3 Å². The summed E-state index contributed by atoms with van der Waals surface area (Å²) < 4.78 is 5.74. The molecule has 7 heteroatoms. The van der Waals surface area contributed by atoms with Gasteiger partial charge >= 0.3 is 0 Å². The number of furan rings is 1. The molecule has 0 aliphatic heterocycles. The number of nitrogens with zero attached hydrogens (tertiary/aromatic N) is 3. The van der Waals surface area contributed by atoms with Crippen LogP contribution in [0.5, 0.6) is 0 Å². The maximum absolute atomic E-state index is 10.9. The van der Waals surface area contributed by atoms with Crippen LogP contribution in [0.4, 0.5) is 5.69 Å². The predicted molar refractivity (Wildman–Crippen MR) is 100 cm³/mol. The van der Waals surface area contributed by atoms with Crippen LogP contribution >= 0.6 is 0 Å². The number of nitro groups is 1. The van der Waals surface area contributed by atoms with Crippen LogP contribution < -0.4 is 0 Å². The van der Waals surface area contributed by atoms with Gasteiger partial charge in [-0.3, -0.25) is 10.1 Å². The highest BCUT2D eigenvalue weighted by Crippen LogP contribution is 2.27. The smallest absolute Gasteiger partial charge is 0.270 e. The van der Waals surface area contributed by atoms with Crippen molar-refractivity contribution < 1.29 is 9.34 Å². The summed E-state index contributed by atoms with van der Waals surface area (Å²) in [6.45, 7) is 0. The third-order valence-electron chi connectivity index (χ3n) is 4.02. The monoisotopic (exact) mass is 356 g/mol. The van der Waals surface area contributed by atoms with E-state index in [2.05, 4.69) is 16.0 Å². The van der Waals surface area contributed by atoms with Gasteiger partial charge in [0.15, 0.2) is 0 Å². The Hall–Kier alpha value is -4.18. The number of nitro benzene ring substituents is 1. The molecule has 0 amide bonds. The summed E-state index contributed by atoms with van der Waals surface area (Å²) in [5.74, 6) is 1.38. The molecule has 2 heterocycles. The van der Waals surface area contributed by atoms with Gasteiger partial charge in [0.05, 0.1) is 21.5 Å². The van der Waals surface area contributed by atoms with E-state index >= 15 is 0 Å². The van der Waals surface area contributed by atoms with E-state index in [-0.39, 0.29) is 5.69 Å². The maximum atomic E-state index is 10.9. The first-order valence-corrected chi connectivity index (χ1v) is 8.05. The van der Waals surface area contributed by atoms with E-state index in [1.807, 2.05) is 24.3 Å². The molecule has 0 atom stereocenters. The number of aromatic nitrogens is 2. The van der Waals surface area contributed by atoms with E-state index in [9.17, 15) is 15.4 Å². The molecule has 2 aromatic carbocycles. The standard InChI is InChI=1S/C20H12N4O3/c21-12-14(20-22-17-6-1-2-7-18(17)23-20)11-16-8-9-19(27-16)13-4-3-5-15(10-13)24(25)26/h1-11H,(H,22,23)/b14-11-. The van der Waals surface area contributed by atoms with Crippen LogP contribution in [0.3, 0.4) is 0 Å². The van der Waals surface area contributed by atoms with Gasteiger partial charge in [0, 0.05) is 23.8 Å². The highest BCUT2D eigenvalue weighted by atomic mass is 16.6. The first kappa shape index (κ1) is 16.3. The molecule has 2 aromatic heterocycles. The molecule has 7 nitrogen and oxygen atoms in total. The number of nitrogens with one attached hydrogen (secondary N) is 1. The highest BCUT2D eigenvalue weighted by molar-refractivity contribution is 5.89. The predicted octanol–water partition coefficient (Wildman–Crippen LogP) is 4.80. The molecule has 0 bridgehead atoms. The number of nitriles is 1. The lowest BCUT2D eigenvalue weighted by Crippen LogP contribution is -1.87. The minimum Gasteiger partial charge on any atom is -0.457 e. The van der Waals surface area contributed by atoms with Crippen molar-refractivity contribution in [2.75, 3.05) is 0 Å². The molecular formula is C20H12N4O3. The molecule has 130 valence electrons. The van der Waals surface area contributed by atoms with Crippen molar-refractivity contribution in [2.45, 2.75) is 0 Å².